The van der Waals surface area contributed by atoms with Gasteiger partial charge >= 0.3 is 0 Å². The Bertz CT molecular complexity index is 828. The van der Waals surface area contributed by atoms with Crippen LogP contribution in [0.15, 0.2) is 12.1 Å². The molecule has 0 radical (unpaired) electrons. The summed E-state index contributed by atoms with van der Waals surface area (Å²) in [5.74, 6) is 2.20. The van der Waals surface area contributed by atoms with Crippen molar-refractivity contribution in [2.75, 3.05) is 13.7 Å². The van der Waals surface area contributed by atoms with Gasteiger partial charge in [0.2, 0.25) is 11.8 Å². The molecule has 2 amide bonds. The zero-order valence-electron chi connectivity index (χ0n) is 17.2. The predicted molar refractivity (Wildman–Crippen MR) is 111 cm³/mol. The number of β-amino-alcohol motifs (C(OH)–C–C–N with tert-alkyl or cyclic N) is 1. The Morgan fingerprint density at radius 2 is 2.14 bits per heavy atom. The zero-order chi connectivity index (χ0) is 21.9. The number of carbonyl (C=O) groups is 2. The van der Waals surface area contributed by atoms with Crippen molar-refractivity contribution >= 4 is 23.4 Å². The fraction of sp³-hybridized carbons (Fsp3) is 0.524. The van der Waals surface area contributed by atoms with E-state index in [1.54, 1.807) is 12.1 Å². The standard InChI is InChI=1S/C21H28ClN3O4/c1-6-12-7-15(22)14(17(8-12)29-5)10-24-19(27)16-9-13(26)11-25(16)20(28)18(23)21(2,3)4/h1,7-8,13,16,18,26H,9-11,23H2,2-5H3,(H,24,27)/t13-,16+,18-/m1/s1. The summed E-state index contributed by atoms with van der Waals surface area (Å²) in [5.41, 5.74) is 6.75. The van der Waals surface area contributed by atoms with Crippen molar-refractivity contribution in [3.63, 3.8) is 0 Å². The van der Waals surface area contributed by atoms with Crippen molar-refractivity contribution in [3.05, 3.63) is 28.3 Å². The van der Waals surface area contributed by atoms with Crippen LogP contribution in [0, 0.1) is 17.8 Å². The Morgan fingerprint density at radius 3 is 2.69 bits per heavy atom. The van der Waals surface area contributed by atoms with Gasteiger partial charge in [-0.3, -0.25) is 9.59 Å². The fourth-order valence-electron chi connectivity index (χ4n) is 3.20. The number of carbonyl (C=O) groups excluding carboxylic acids is 2. The first kappa shape index (κ1) is 23.0. The molecule has 1 aliphatic rings. The number of amides is 2. The molecule has 0 bridgehead atoms. The van der Waals surface area contributed by atoms with Gasteiger partial charge < -0.3 is 25.8 Å². The number of hydrogen-bond acceptors (Lipinski definition) is 5. The highest BCUT2D eigenvalue weighted by Gasteiger charge is 2.42. The van der Waals surface area contributed by atoms with Crippen molar-refractivity contribution < 1.29 is 19.4 Å². The van der Waals surface area contributed by atoms with Gasteiger partial charge in [0.25, 0.3) is 0 Å². The Kier molecular flexibility index (Phi) is 7.17. The second kappa shape index (κ2) is 9.04. The molecular formula is C21H28ClN3O4. The lowest BCUT2D eigenvalue weighted by molar-refractivity contribution is -0.141. The van der Waals surface area contributed by atoms with Gasteiger partial charge in [-0.2, -0.15) is 0 Å². The van der Waals surface area contributed by atoms with Crippen LogP contribution in [0.4, 0.5) is 0 Å². The molecule has 1 saturated heterocycles. The van der Waals surface area contributed by atoms with Crippen LogP contribution in [-0.4, -0.2) is 53.7 Å². The van der Waals surface area contributed by atoms with E-state index in [9.17, 15) is 14.7 Å². The molecule has 8 heteroatoms. The summed E-state index contributed by atoms with van der Waals surface area (Å²) in [7, 11) is 1.49. The molecule has 1 fully saturated rings. The van der Waals surface area contributed by atoms with Crippen LogP contribution in [-0.2, 0) is 16.1 Å². The second-order valence-electron chi connectivity index (χ2n) is 8.24. The molecule has 0 aliphatic carbocycles. The Balaban J connectivity index is 2.16. The molecule has 0 spiro atoms. The average Bonchev–Trinajstić information content (AvgIpc) is 3.05. The first-order chi connectivity index (χ1) is 13.5. The van der Waals surface area contributed by atoms with Crippen LogP contribution in [0.25, 0.3) is 0 Å². The molecule has 1 heterocycles. The number of nitrogens with one attached hydrogen (secondary N) is 1. The van der Waals surface area contributed by atoms with E-state index in [1.807, 2.05) is 20.8 Å². The number of methoxy groups -OCH3 is 1. The monoisotopic (exact) mass is 421 g/mol. The van der Waals surface area contributed by atoms with Crippen molar-refractivity contribution in [1.29, 1.82) is 0 Å². The fourth-order valence-corrected chi connectivity index (χ4v) is 3.47. The highest BCUT2D eigenvalue weighted by Crippen LogP contribution is 2.29. The third-order valence-electron chi connectivity index (χ3n) is 5.04. The number of terminal acetylenes is 1. The molecule has 158 valence electrons. The molecule has 0 aromatic heterocycles. The molecule has 0 saturated carbocycles. The predicted octanol–water partition coefficient (Wildman–Crippen LogP) is 1.28. The number of ether oxygens (including phenoxy) is 1. The number of rotatable bonds is 5. The van der Waals surface area contributed by atoms with Crippen molar-refractivity contribution in [3.8, 4) is 18.1 Å². The maximum Gasteiger partial charge on any atom is 0.243 e. The second-order valence-corrected chi connectivity index (χ2v) is 8.65. The van der Waals surface area contributed by atoms with Gasteiger partial charge in [0.1, 0.15) is 11.8 Å². The molecule has 29 heavy (non-hydrogen) atoms. The van der Waals surface area contributed by atoms with Gasteiger partial charge in [0.15, 0.2) is 0 Å². The summed E-state index contributed by atoms with van der Waals surface area (Å²) in [6.07, 6.45) is 4.77. The van der Waals surface area contributed by atoms with Crippen LogP contribution in [0.1, 0.15) is 38.3 Å². The number of benzene rings is 1. The Labute approximate surface area is 176 Å². The van der Waals surface area contributed by atoms with E-state index in [-0.39, 0.29) is 25.4 Å². The van der Waals surface area contributed by atoms with Gasteiger partial charge in [0.05, 0.1) is 24.3 Å². The number of nitrogens with zero attached hydrogens (tertiary/aromatic N) is 1. The minimum atomic E-state index is -0.805. The lowest BCUT2D eigenvalue weighted by atomic mass is 9.86. The lowest BCUT2D eigenvalue weighted by Gasteiger charge is -2.32. The van der Waals surface area contributed by atoms with Crippen molar-refractivity contribution in [2.45, 2.75) is 51.9 Å². The summed E-state index contributed by atoms with van der Waals surface area (Å²) in [6.45, 7) is 5.72. The van der Waals surface area contributed by atoms with E-state index in [4.69, 9.17) is 28.5 Å². The molecule has 1 aromatic rings. The van der Waals surface area contributed by atoms with Crippen LogP contribution in [0.2, 0.25) is 5.02 Å². The van der Waals surface area contributed by atoms with Gasteiger partial charge in [-0.15, -0.1) is 6.42 Å². The molecule has 3 atom stereocenters. The van der Waals surface area contributed by atoms with Crippen LogP contribution >= 0.6 is 11.6 Å². The van der Waals surface area contributed by atoms with E-state index in [0.29, 0.717) is 21.9 Å². The smallest absolute Gasteiger partial charge is 0.243 e. The van der Waals surface area contributed by atoms with Gasteiger partial charge in [0, 0.05) is 30.6 Å². The molecule has 0 unspecified atom stereocenters. The van der Waals surface area contributed by atoms with E-state index in [1.165, 1.54) is 12.0 Å². The van der Waals surface area contributed by atoms with E-state index in [0.717, 1.165) is 0 Å². The Hall–Kier alpha value is -2.27. The third-order valence-corrected chi connectivity index (χ3v) is 5.38. The number of halogens is 1. The minimum Gasteiger partial charge on any atom is -0.496 e. The Morgan fingerprint density at radius 1 is 1.48 bits per heavy atom. The summed E-state index contributed by atoms with van der Waals surface area (Å²) >= 11 is 6.28. The first-order valence-corrected chi connectivity index (χ1v) is 9.72. The molecule has 1 aliphatic heterocycles. The highest BCUT2D eigenvalue weighted by molar-refractivity contribution is 6.31. The minimum absolute atomic E-state index is 0.0711. The van der Waals surface area contributed by atoms with E-state index < -0.39 is 29.5 Å². The summed E-state index contributed by atoms with van der Waals surface area (Å²) in [5, 5.41) is 13.2. The molecule has 4 N–H and O–H groups in total. The van der Waals surface area contributed by atoms with Crippen LogP contribution in [0.5, 0.6) is 5.75 Å². The average molecular weight is 422 g/mol. The topological polar surface area (TPSA) is 105 Å². The molecule has 1 aromatic carbocycles. The molecule has 7 nitrogen and oxygen atoms in total. The van der Waals surface area contributed by atoms with E-state index >= 15 is 0 Å². The normalized spacial score (nSPS) is 20.1. The number of likely N-dealkylation sites (tertiary alicyclic amines) is 1. The third kappa shape index (κ3) is 5.21. The van der Waals surface area contributed by atoms with Gasteiger partial charge in [-0.1, -0.05) is 38.3 Å². The SMILES string of the molecule is C#Cc1cc(Cl)c(CNC(=O)[C@@H]2C[C@@H](O)CN2C(=O)[C@@H](N)C(C)(C)C)c(OC)c1. The van der Waals surface area contributed by atoms with Crippen LogP contribution < -0.4 is 15.8 Å². The number of aliphatic hydroxyl groups excluding tert-OH is 1. The lowest BCUT2D eigenvalue weighted by Crippen LogP contribution is -2.54. The number of nitrogens with two attached hydrogens (primary N) is 1. The van der Waals surface area contributed by atoms with Crippen molar-refractivity contribution in [2.24, 2.45) is 11.1 Å². The zero-order valence-corrected chi connectivity index (χ0v) is 17.9. The number of hydrogen-bond donors (Lipinski definition) is 3. The highest BCUT2D eigenvalue weighted by atomic mass is 35.5. The molecule has 2 rings (SSSR count). The quantitative estimate of drug-likeness (QED) is 0.621. The maximum absolute atomic E-state index is 12.8. The summed E-state index contributed by atoms with van der Waals surface area (Å²) in [4.78, 5) is 27.0. The maximum atomic E-state index is 12.8. The number of aliphatic hydroxyl groups is 1. The largest absolute Gasteiger partial charge is 0.496 e. The molecular weight excluding hydrogens is 394 g/mol. The summed E-state index contributed by atoms with van der Waals surface area (Å²) < 4.78 is 5.32. The van der Waals surface area contributed by atoms with Crippen LogP contribution in [0.3, 0.4) is 0 Å². The van der Waals surface area contributed by atoms with Gasteiger partial charge in [-0.25, -0.2) is 0 Å². The van der Waals surface area contributed by atoms with E-state index in [2.05, 4.69) is 11.2 Å². The summed E-state index contributed by atoms with van der Waals surface area (Å²) in [6, 6.07) is 1.68. The first-order valence-electron chi connectivity index (χ1n) is 9.34. The van der Waals surface area contributed by atoms with Crippen molar-refractivity contribution in [1.82, 2.24) is 10.2 Å². The van der Waals surface area contributed by atoms with Gasteiger partial charge in [-0.05, 0) is 17.5 Å².